The molecule has 108 valence electrons. The minimum Gasteiger partial charge on any atom is -0.366 e. The summed E-state index contributed by atoms with van der Waals surface area (Å²) >= 11 is 0. The topological polar surface area (TPSA) is 66.7 Å². The van der Waals surface area contributed by atoms with Crippen LogP contribution in [-0.2, 0) is 4.79 Å². The van der Waals surface area contributed by atoms with Crippen LogP contribution >= 0.6 is 0 Å². The molecule has 0 unspecified atom stereocenters. The van der Waals surface area contributed by atoms with E-state index in [2.05, 4.69) is 0 Å². The highest BCUT2D eigenvalue weighted by Gasteiger charge is 2.28. The maximum absolute atomic E-state index is 11.9. The van der Waals surface area contributed by atoms with Crippen molar-refractivity contribution in [3.05, 3.63) is 34.4 Å². The van der Waals surface area contributed by atoms with Crippen LogP contribution in [0.25, 0.3) is 0 Å². The summed E-state index contributed by atoms with van der Waals surface area (Å²) in [5, 5.41) is 11.0. The molecular formula is C14H19N3O3. The standard InChI is InChI=1S/C14H19N3O3/c1-15(2)14(18)11-7-9-16(10-8-11)12-5-3-4-6-13(12)17(19)20/h3-6,11H,7-10H2,1-2H3. The van der Waals surface area contributed by atoms with Crippen molar-refractivity contribution in [2.24, 2.45) is 5.92 Å². The summed E-state index contributed by atoms with van der Waals surface area (Å²) in [5.74, 6) is 0.177. The highest BCUT2D eigenvalue weighted by atomic mass is 16.6. The van der Waals surface area contributed by atoms with Crippen molar-refractivity contribution in [1.29, 1.82) is 0 Å². The second-order valence-corrected chi connectivity index (χ2v) is 5.24. The highest BCUT2D eigenvalue weighted by molar-refractivity contribution is 5.78. The quantitative estimate of drug-likeness (QED) is 0.625. The molecule has 0 radical (unpaired) electrons. The monoisotopic (exact) mass is 277 g/mol. The Morgan fingerprint density at radius 1 is 1.30 bits per heavy atom. The van der Waals surface area contributed by atoms with E-state index in [4.69, 9.17) is 0 Å². The van der Waals surface area contributed by atoms with Gasteiger partial charge in [-0.25, -0.2) is 0 Å². The van der Waals surface area contributed by atoms with Gasteiger partial charge in [-0.15, -0.1) is 0 Å². The molecule has 0 bridgehead atoms. The van der Waals surface area contributed by atoms with Gasteiger partial charge in [0.25, 0.3) is 5.69 Å². The lowest BCUT2D eigenvalue weighted by Crippen LogP contribution is -2.40. The number of amides is 1. The van der Waals surface area contributed by atoms with Crippen LogP contribution in [0.2, 0.25) is 0 Å². The lowest BCUT2D eigenvalue weighted by atomic mass is 9.95. The predicted molar refractivity (Wildman–Crippen MR) is 76.7 cm³/mol. The summed E-state index contributed by atoms with van der Waals surface area (Å²) in [6.45, 7) is 1.35. The number of nitro benzene ring substituents is 1. The van der Waals surface area contributed by atoms with E-state index in [0.29, 0.717) is 18.8 Å². The summed E-state index contributed by atoms with van der Waals surface area (Å²) in [6.07, 6.45) is 1.48. The summed E-state index contributed by atoms with van der Waals surface area (Å²) in [4.78, 5) is 26.2. The normalized spacial score (nSPS) is 16.0. The van der Waals surface area contributed by atoms with E-state index in [-0.39, 0.29) is 22.4 Å². The van der Waals surface area contributed by atoms with Gasteiger partial charge in [-0.2, -0.15) is 0 Å². The van der Waals surface area contributed by atoms with Gasteiger partial charge in [-0.05, 0) is 18.9 Å². The second-order valence-electron chi connectivity index (χ2n) is 5.24. The van der Waals surface area contributed by atoms with Crippen molar-refractivity contribution in [2.75, 3.05) is 32.1 Å². The van der Waals surface area contributed by atoms with Crippen molar-refractivity contribution in [1.82, 2.24) is 4.90 Å². The van der Waals surface area contributed by atoms with E-state index in [1.165, 1.54) is 6.07 Å². The van der Waals surface area contributed by atoms with Gasteiger partial charge >= 0.3 is 0 Å². The lowest BCUT2D eigenvalue weighted by Gasteiger charge is -2.33. The number of hydrogen-bond donors (Lipinski definition) is 0. The maximum atomic E-state index is 11.9. The van der Waals surface area contributed by atoms with Crippen molar-refractivity contribution < 1.29 is 9.72 Å². The third-order valence-electron chi connectivity index (χ3n) is 3.70. The molecule has 1 fully saturated rings. The number of benzene rings is 1. The zero-order chi connectivity index (χ0) is 14.7. The number of para-hydroxylation sites is 2. The number of hydrogen-bond acceptors (Lipinski definition) is 4. The van der Waals surface area contributed by atoms with E-state index in [9.17, 15) is 14.9 Å². The fraction of sp³-hybridized carbons (Fsp3) is 0.500. The SMILES string of the molecule is CN(C)C(=O)C1CCN(c2ccccc2[N+](=O)[O-])CC1. The van der Waals surface area contributed by atoms with Crippen LogP contribution in [0.5, 0.6) is 0 Å². The molecule has 6 heteroatoms. The molecule has 0 aliphatic carbocycles. The molecule has 1 amide bonds. The number of nitro groups is 1. The molecule has 0 aromatic heterocycles. The highest BCUT2D eigenvalue weighted by Crippen LogP contribution is 2.31. The Balaban J connectivity index is 2.08. The molecule has 1 aromatic rings. The van der Waals surface area contributed by atoms with E-state index >= 15 is 0 Å². The first kappa shape index (κ1) is 14.3. The first-order chi connectivity index (χ1) is 9.50. The summed E-state index contributed by atoms with van der Waals surface area (Å²) in [7, 11) is 3.52. The van der Waals surface area contributed by atoms with Crippen LogP contribution in [0.4, 0.5) is 11.4 Å². The van der Waals surface area contributed by atoms with Crippen molar-refractivity contribution in [3.63, 3.8) is 0 Å². The third kappa shape index (κ3) is 2.89. The van der Waals surface area contributed by atoms with E-state index in [1.54, 1.807) is 37.2 Å². The minimum absolute atomic E-state index is 0.0315. The van der Waals surface area contributed by atoms with Gasteiger partial charge in [0.15, 0.2) is 0 Å². The van der Waals surface area contributed by atoms with Crippen LogP contribution in [0.15, 0.2) is 24.3 Å². The molecule has 1 aliphatic heterocycles. The molecule has 1 heterocycles. The Morgan fingerprint density at radius 3 is 2.45 bits per heavy atom. The number of anilines is 1. The predicted octanol–water partition coefficient (Wildman–Crippen LogP) is 1.90. The van der Waals surface area contributed by atoms with Gasteiger partial charge < -0.3 is 9.80 Å². The van der Waals surface area contributed by atoms with Gasteiger partial charge in [-0.1, -0.05) is 12.1 Å². The van der Waals surface area contributed by atoms with E-state index in [1.807, 2.05) is 4.90 Å². The lowest BCUT2D eigenvalue weighted by molar-refractivity contribution is -0.384. The van der Waals surface area contributed by atoms with Crippen molar-refractivity contribution in [3.8, 4) is 0 Å². The number of carbonyl (C=O) groups excluding carboxylic acids is 1. The van der Waals surface area contributed by atoms with Gasteiger partial charge in [-0.3, -0.25) is 14.9 Å². The zero-order valence-corrected chi connectivity index (χ0v) is 11.8. The van der Waals surface area contributed by atoms with Gasteiger partial charge in [0.1, 0.15) is 5.69 Å². The van der Waals surface area contributed by atoms with Crippen molar-refractivity contribution >= 4 is 17.3 Å². The Kier molecular flexibility index (Phi) is 4.22. The molecule has 0 N–H and O–H groups in total. The zero-order valence-electron chi connectivity index (χ0n) is 11.8. The number of rotatable bonds is 3. The van der Waals surface area contributed by atoms with E-state index < -0.39 is 0 Å². The third-order valence-corrected chi connectivity index (χ3v) is 3.70. The number of piperidine rings is 1. The minimum atomic E-state index is -0.355. The Labute approximate surface area is 118 Å². The smallest absolute Gasteiger partial charge is 0.292 e. The van der Waals surface area contributed by atoms with Crippen LogP contribution in [0, 0.1) is 16.0 Å². The maximum Gasteiger partial charge on any atom is 0.292 e. The molecule has 1 aromatic carbocycles. The average molecular weight is 277 g/mol. The summed E-state index contributed by atoms with van der Waals surface area (Å²) < 4.78 is 0. The fourth-order valence-corrected chi connectivity index (χ4v) is 2.62. The van der Waals surface area contributed by atoms with Crippen LogP contribution in [0.1, 0.15) is 12.8 Å². The Morgan fingerprint density at radius 2 is 1.90 bits per heavy atom. The Bertz CT molecular complexity index is 508. The molecule has 0 saturated carbocycles. The molecule has 1 saturated heterocycles. The van der Waals surface area contributed by atoms with Crippen molar-refractivity contribution in [2.45, 2.75) is 12.8 Å². The van der Waals surface area contributed by atoms with Gasteiger partial charge in [0.2, 0.25) is 5.91 Å². The first-order valence-electron chi connectivity index (χ1n) is 6.70. The molecule has 2 rings (SSSR count). The molecule has 20 heavy (non-hydrogen) atoms. The first-order valence-corrected chi connectivity index (χ1v) is 6.70. The molecule has 0 atom stereocenters. The molecule has 1 aliphatic rings. The number of carbonyl (C=O) groups is 1. The largest absolute Gasteiger partial charge is 0.366 e. The number of nitrogens with zero attached hydrogens (tertiary/aromatic N) is 3. The van der Waals surface area contributed by atoms with Crippen LogP contribution in [-0.4, -0.2) is 42.9 Å². The summed E-state index contributed by atoms with van der Waals surface area (Å²) in [5.41, 5.74) is 0.776. The van der Waals surface area contributed by atoms with Crippen LogP contribution in [0.3, 0.4) is 0 Å². The summed E-state index contributed by atoms with van der Waals surface area (Å²) in [6, 6.07) is 6.77. The Hall–Kier alpha value is -2.11. The average Bonchev–Trinajstić information content (AvgIpc) is 2.46. The fourth-order valence-electron chi connectivity index (χ4n) is 2.62. The molecule has 6 nitrogen and oxygen atoms in total. The van der Waals surface area contributed by atoms with Gasteiger partial charge in [0.05, 0.1) is 4.92 Å². The van der Waals surface area contributed by atoms with Crippen LogP contribution < -0.4 is 4.90 Å². The van der Waals surface area contributed by atoms with Gasteiger partial charge in [0, 0.05) is 39.2 Å². The molecular weight excluding hydrogens is 258 g/mol. The molecule has 0 spiro atoms. The van der Waals surface area contributed by atoms with E-state index in [0.717, 1.165) is 12.8 Å². The second kappa shape index (κ2) is 5.90.